The monoisotopic (exact) mass is 338 g/mol. The molecule has 1 aliphatic heterocycles. The van der Waals surface area contributed by atoms with Gasteiger partial charge < -0.3 is 10.2 Å². The number of amides is 1. The molecule has 0 radical (unpaired) electrons. The van der Waals surface area contributed by atoms with E-state index in [4.69, 9.17) is 0 Å². The van der Waals surface area contributed by atoms with Crippen LogP contribution in [-0.2, 0) is 0 Å². The topological polar surface area (TPSA) is 32.3 Å². The fraction of sp³-hybridized carbons (Fsp3) is 0.562. The molecule has 1 heterocycles. The largest absolute Gasteiger partial charge is 0.351 e. The highest BCUT2D eigenvalue weighted by Crippen LogP contribution is 2.20. The Kier molecular flexibility index (Phi) is 5.61. The molecule has 0 spiro atoms. The second-order valence-electron chi connectivity index (χ2n) is 5.94. The lowest BCUT2D eigenvalue weighted by molar-refractivity contribution is 0.0936. The standard InChI is InChI=1S/C16H23BrN2O/c1-12-9-13(2)11-19(10-12)8-7-18-16(20)14-5-3-4-6-15(14)17/h3-6,12-13H,7-11H2,1-2H3,(H,18,20)/t12-,13-/m1/s1. The first-order chi connectivity index (χ1) is 9.56. The van der Waals surface area contributed by atoms with Gasteiger partial charge in [0.05, 0.1) is 5.56 Å². The Labute approximate surface area is 129 Å². The predicted octanol–water partition coefficient (Wildman–Crippen LogP) is 3.16. The van der Waals surface area contributed by atoms with Crippen LogP contribution in [0, 0.1) is 11.8 Å². The Bertz CT molecular complexity index is 454. The molecule has 1 N–H and O–H groups in total. The van der Waals surface area contributed by atoms with Crippen LogP contribution >= 0.6 is 15.9 Å². The van der Waals surface area contributed by atoms with Gasteiger partial charge in [0.15, 0.2) is 0 Å². The zero-order valence-corrected chi connectivity index (χ0v) is 13.8. The van der Waals surface area contributed by atoms with Crippen LogP contribution in [0.15, 0.2) is 28.7 Å². The van der Waals surface area contributed by atoms with Crippen molar-refractivity contribution in [3.8, 4) is 0 Å². The summed E-state index contributed by atoms with van der Waals surface area (Å²) in [6, 6.07) is 7.53. The molecule has 0 bridgehead atoms. The fourth-order valence-corrected chi connectivity index (χ4v) is 3.51. The third kappa shape index (κ3) is 4.32. The first kappa shape index (κ1) is 15.5. The van der Waals surface area contributed by atoms with Gasteiger partial charge in [-0.3, -0.25) is 4.79 Å². The van der Waals surface area contributed by atoms with Crippen molar-refractivity contribution in [1.82, 2.24) is 10.2 Å². The Morgan fingerprint density at radius 2 is 1.95 bits per heavy atom. The van der Waals surface area contributed by atoms with E-state index in [2.05, 4.69) is 40.0 Å². The van der Waals surface area contributed by atoms with Gasteiger partial charge in [-0.15, -0.1) is 0 Å². The highest BCUT2D eigenvalue weighted by molar-refractivity contribution is 9.10. The molecule has 1 fully saturated rings. The number of benzene rings is 1. The minimum atomic E-state index is -0.00409. The average Bonchev–Trinajstić information content (AvgIpc) is 2.38. The molecule has 1 saturated heterocycles. The molecule has 2 rings (SSSR count). The van der Waals surface area contributed by atoms with E-state index in [9.17, 15) is 4.79 Å². The van der Waals surface area contributed by atoms with Crippen molar-refractivity contribution < 1.29 is 4.79 Å². The molecule has 20 heavy (non-hydrogen) atoms. The lowest BCUT2D eigenvalue weighted by atomic mass is 9.92. The summed E-state index contributed by atoms with van der Waals surface area (Å²) in [5.41, 5.74) is 0.702. The van der Waals surface area contributed by atoms with Gasteiger partial charge in [-0.25, -0.2) is 0 Å². The van der Waals surface area contributed by atoms with Crippen LogP contribution in [0.5, 0.6) is 0 Å². The molecule has 110 valence electrons. The number of hydrogen-bond donors (Lipinski definition) is 1. The van der Waals surface area contributed by atoms with E-state index in [0.717, 1.165) is 35.9 Å². The highest BCUT2D eigenvalue weighted by atomic mass is 79.9. The minimum Gasteiger partial charge on any atom is -0.351 e. The van der Waals surface area contributed by atoms with Crippen LogP contribution in [0.2, 0.25) is 0 Å². The molecule has 0 aliphatic carbocycles. The van der Waals surface area contributed by atoms with Crippen molar-refractivity contribution in [3.63, 3.8) is 0 Å². The van der Waals surface area contributed by atoms with Crippen molar-refractivity contribution >= 4 is 21.8 Å². The summed E-state index contributed by atoms with van der Waals surface area (Å²) in [7, 11) is 0. The summed E-state index contributed by atoms with van der Waals surface area (Å²) in [5, 5.41) is 3.01. The predicted molar refractivity (Wildman–Crippen MR) is 85.9 cm³/mol. The number of rotatable bonds is 4. The minimum absolute atomic E-state index is 0.00409. The molecule has 3 nitrogen and oxygen atoms in total. The maximum absolute atomic E-state index is 12.1. The van der Waals surface area contributed by atoms with E-state index in [1.807, 2.05) is 24.3 Å². The van der Waals surface area contributed by atoms with Crippen LogP contribution in [0.4, 0.5) is 0 Å². The molecular formula is C16H23BrN2O. The van der Waals surface area contributed by atoms with E-state index in [1.165, 1.54) is 6.42 Å². The summed E-state index contributed by atoms with van der Waals surface area (Å²) in [5.74, 6) is 1.52. The summed E-state index contributed by atoms with van der Waals surface area (Å²) >= 11 is 3.41. The number of nitrogens with one attached hydrogen (secondary N) is 1. The number of nitrogens with zero attached hydrogens (tertiary/aromatic N) is 1. The molecule has 1 amide bonds. The summed E-state index contributed by atoms with van der Waals surface area (Å²) in [4.78, 5) is 14.5. The van der Waals surface area contributed by atoms with Gasteiger partial charge in [0.25, 0.3) is 5.91 Å². The molecule has 4 heteroatoms. The summed E-state index contributed by atoms with van der Waals surface area (Å²) < 4.78 is 0.845. The number of halogens is 1. The Hall–Kier alpha value is -0.870. The second kappa shape index (κ2) is 7.23. The van der Waals surface area contributed by atoms with Crippen LogP contribution in [0.25, 0.3) is 0 Å². The molecular weight excluding hydrogens is 316 g/mol. The van der Waals surface area contributed by atoms with Crippen molar-refractivity contribution in [2.75, 3.05) is 26.2 Å². The van der Waals surface area contributed by atoms with E-state index >= 15 is 0 Å². The van der Waals surface area contributed by atoms with Gasteiger partial charge in [0.1, 0.15) is 0 Å². The lowest BCUT2D eigenvalue weighted by Gasteiger charge is -2.34. The van der Waals surface area contributed by atoms with Gasteiger partial charge in [-0.1, -0.05) is 26.0 Å². The molecule has 1 aromatic carbocycles. The number of carbonyl (C=O) groups is 1. The van der Waals surface area contributed by atoms with Gasteiger partial charge in [-0.2, -0.15) is 0 Å². The smallest absolute Gasteiger partial charge is 0.252 e. The molecule has 2 atom stereocenters. The first-order valence-corrected chi connectivity index (χ1v) is 8.10. The van der Waals surface area contributed by atoms with Crippen LogP contribution in [0.3, 0.4) is 0 Å². The van der Waals surface area contributed by atoms with Crippen molar-refractivity contribution in [2.24, 2.45) is 11.8 Å². The van der Waals surface area contributed by atoms with Crippen LogP contribution in [0.1, 0.15) is 30.6 Å². The zero-order chi connectivity index (χ0) is 14.5. The number of likely N-dealkylation sites (tertiary alicyclic amines) is 1. The normalized spacial score (nSPS) is 23.6. The third-order valence-electron chi connectivity index (χ3n) is 3.78. The highest BCUT2D eigenvalue weighted by Gasteiger charge is 2.21. The van der Waals surface area contributed by atoms with E-state index < -0.39 is 0 Å². The van der Waals surface area contributed by atoms with Crippen molar-refractivity contribution in [2.45, 2.75) is 20.3 Å². The summed E-state index contributed by atoms with van der Waals surface area (Å²) in [6.45, 7) is 8.56. The van der Waals surface area contributed by atoms with E-state index in [0.29, 0.717) is 12.1 Å². The Morgan fingerprint density at radius 3 is 2.60 bits per heavy atom. The Morgan fingerprint density at radius 1 is 1.30 bits per heavy atom. The van der Waals surface area contributed by atoms with Crippen molar-refractivity contribution in [3.05, 3.63) is 34.3 Å². The first-order valence-electron chi connectivity index (χ1n) is 7.31. The van der Waals surface area contributed by atoms with E-state index in [-0.39, 0.29) is 5.91 Å². The second-order valence-corrected chi connectivity index (χ2v) is 6.80. The molecule has 0 unspecified atom stereocenters. The molecule has 0 aromatic heterocycles. The Balaban J connectivity index is 1.78. The maximum Gasteiger partial charge on any atom is 0.252 e. The fourth-order valence-electron chi connectivity index (χ4n) is 3.04. The molecule has 1 aromatic rings. The van der Waals surface area contributed by atoms with Gasteiger partial charge in [0, 0.05) is 30.7 Å². The quantitative estimate of drug-likeness (QED) is 0.914. The molecule has 0 saturated carbocycles. The molecule has 1 aliphatic rings. The van der Waals surface area contributed by atoms with Crippen molar-refractivity contribution in [1.29, 1.82) is 0 Å². The van der Waals surface area contributed by atoms with E-state index in [1.54, 1.807) is 0 Å². The van der Waals surface area contributed by atoms with Gasteiger partial charge in [-0.05, 0) is 46.3 Å². The summed E-state index contributed by atoms with van der Waals surface area (Å²) in [6.07, 6.45) is 1.32. The maximum atomic E-state index is 12.1. The van der Waals surface area contributed by atoms with Crippen LogP contribution < -0.4 is 5.32 Å². The van der Waals surface area contributed by atoms with Crippen LogP contribution in [-0.4, -0.2) is 37.0 Å². The lowest BCUT2D eigenvalue weighted by Crippen LogP contribution is -2.42. The van der Waals surface area contributed by atoms with Gasteiger partial charge >= 0.3 is 0 Å². The third-order valence-corrected chi connectivity index (χ3v) is 4.47. The number of piperidine rings is 1. The number of hydrogen-bond acceptors (Lipinski definition) is 2. The number of carbonyl (C=O) groups excluding carboxylic acids is 1. The van der Waals surface area contributed by atoms with Gasteiger partial charge in [0.2, 0.25) is 0 Å². The SMILES string of the molecule is C[C@@H]1C[C@@H](C)CN(CCNC(=O)c2ccccc2Br)C1. The average molecular weight is 339 g/mol. The zero-order valence-electron chi connectivity index (χ0n) is 12.2.